The monoisotopic (exact) mass is 353 g/mol. The summed E-state index contributed by atoms with van der Waals surface area (Å²) >= 11 is 9.73. The lowest BCUT2D eigenvalue weighted by Gasteiger charge is -2.20. The molecule has 1 unspecified atom stereocenters. The number of para-hydroxylation sites is 1. The minimum atomic E-state index is 0.157. The van der Waals surface area contributed by atoms with Crippen molar-refractivity contribution in [3.8, 4) is 5.75 Å². The molecule has 0 radical (unpaired) electrons. The van der Waals surface area contributed by atoms with E-state index in [1.54, 1.807) is 7.11 Å². The van der Waals surface area contributed by atoms with E-state index in [4.69, 9.17) is 16.3 Å². The first kappa shape index (κ1) is 15.4. The van der Waals surface area contributed by atoms with Crippen LogP contribution >= 0.6 is 27.5 Å². The molecule has 1 atom stereocenters. The maximum Gasteiger partial charge on any atom is 0.123 e. The first-order valence-electron chi connectivity index (χ1n) is 6.39. The molecule has 20 heavy (non-hydrogen) atoms. The second kappa shape index (κ2) is 7.11. The zero-order chi connectivity index (χ0) is 14.5. The fourth-order valence-electron chi connectivity index (χ4n) is 2.23. The third-order valence-electron chi connectivity index (χ3n) is 3.30. The quantitative estimate of drug-likeness (QED) is 0.846. The maximum absolute atomic E-state index is 6.30. The zero-order valence-corrected chi connectivity index (χ0v) is 13.8. The summed E-state index contributed by atoms with van der Waals surface area (Å²) in [5.41, 5.74) is 2.25. The predicted octanol–water partition coefficient (Wildman–Crippen LogP) is 4.61. The van der Waals surface area contributed by atoms with Crippen LogP contribution in [-0.2, 0) is 6.42 Å². The third kappa shape index (κ3) is 3.54. The van der Waals surface area contributed by atoms with Gasteiger partial charge >= 0.3 is 0 Å². The second-order valence-corrected chi connectivity index (χ2v) is 5.85. The van der Waals surface area contributed by atoms with E-state index in [9.17, 15) is 0 Å². The van der Waals surface area contributed by atoms with Crippen molar-refractivity contribution in [1.82, 2.24) is 5.32 Å². The molecule has 0 aliphatic heterocycles. The van der Waals surface area contributed by atoms with Gasteiger partial charge in [-0.05, 0) is 37.2 Å². The number of benzene rings is 2. The molecule has 2 nitrogen and oxygen atoms in total. The average Bonchev–Trinajstić information content (AvgIpc) is 2.46. The Kier molecular flexibility index (Phi) is 5.46. The van der Waals surface area contributed by atoms with E-state index in [0.717, 1.165) is 32.8 Å². The normalized spacial score (nSPS) is 12.2. The average molecular weight is 355 g/mol. The van der Waals surface area contributed by atoms with E-state index in [1.807, 2.05) is 43.4 Å². The smallest absolute Gasteiger partial charge is 0.123 e. The highest BCUT2D eigenvalue weighted by atomic mass is 79.9. The van der Waals surface area contributed by atoms with Crippen LogP contribution in [0.15, 0.2) is 46.9 Å². The Morgan fingerprint density at radius 2 is 2.00 bits per heavy atom. The minimum Gasteiger partial charge on any atom is -0.496 e. The van der Waals surface area contributed by atoms with E-state index < -0.39 is 0 Å². The van der Waals surface area contributed by atoms with Crippen LogP contribution in [0, 0.1) is 0 Å². The van der Waals surface area contributed by atoms with Gasteiger partial charge in [0.2, 0.25) is 0 Å². The molecule has 1 N–H and O–H groups in total. The van der Waals surface area contributed by atoms with Crippen molar-refractivity contribution in [3.63, 3.8) is 0 Å². The van der Waals surface area contributed by atoms with E-state index in [-0.39, 0.29) is 6.04 Å². The molecule has 2 aromatic carbocycles. The van der Waals surface area contributed by atoms with Gasteiger partial charge in [0.15, 0.2) is 0 Å². The number of rotatable bonds is 5. The Hall–Kier alpha value is -1.03. The predicted molar refractivity (Wildman–Crippen MR) is 87.7 cm³/mol. The summed E-state index contributed by atoms with van der Waals surface area (Å²) in [6.07, 6.45) is 0.809. The molecule has 0 saturated heterocycles. The van der Waals surface area contributed by atoms with E-state index in [1.165, 1.54) is 0 Å². The highest BCUT2D eigenvalue weighted by molar-refractivity contribution is 9.10. The Balaban J connectivity index is 2.29. The van der Waals surface area contributed by atoms with Crippen LogP contribution in [0.5, 0.6) is 5.75 Å². The van der Waals surface area contributed by atoms with Crippen LogP contribution in [0.25, 0.3) is 0 Å². The number of hydrogen-bond donors (Lipinski definition) is 1. The topological polar surface area (TPSA) is 21.3 Å². The van der Waals surface area contributed by atoms with E-state index >= 15 is 0 Å². The van der Waals surface area contributed by atoms with Crippen LogP contribution in [0.2, 0.25) is 5.02 Å². The molecule has 2 aromatic rings. The van der Waals surface area contributed by atoms with Gasteiger partial charge in [-0.2, -0.15) is 0 Å². The summed E-state index contributed by atoms with van der Waals surface area (Å²) in [6.45, 7) is 0. The van der Waals surface area contributed by atoms with Gasteiger partial charge in [0.1, 0.15) is 5.75 Å². The molecule has 0 aliphatic rings. The number of likely N-dealkylation sites (N-methyl/N-ethyl adjacent to an activating group) is 1. The van der Waals surface area contributed by atoms with Crippen LogP contribution in [0.1, 0.15) is 17.2 Å². The molecule has 106 valence electrons. The first-order valence-corrected chi connectivity index (χ1v) is 7.57. The van der Waals surface area contributed by atoms with Crippen LogP contribution in [-0.4, -0.2) is 14.2 Å². The van der Waals surface area contributed by atoms with Crippen molar-refractivity contribution >= 4 is 27.5 Å². The molecule has 0 amide bonds. The summed E-state index contributed by atoms with van der Waals surface area (Å²) in [5, 5.41) is 4.11. The summed E-state index contributed by atoms with van der Waals surface area (Å²) < 4.78 is 6.43. The van der Waals surface area contributed by atoms with Crippen LogP contribution < -0.4 is 10.1 Å². The van der Waals surface area contributed by atoms with Gasteiger partial charge < -0.3 is 10.1 Å². The van der Waals surface area contributed by atoms with Crippen molar-refractivity contribution in [2.45, 2.75) is 12.5 Å². The van der Waals surface area contributed by atoms with Crippen molar-refractivity contribution < 1.29 is 4.74 Å². The van der Waals surface area contributed by atoms with Crippen molar-refractivity contribution in [3.05, 3.63) is 63.1 Å². The Bertz CT molecular complexity index is 588. The molecule has 0 bridgehead atoms. The standard InChI is InChI=1S/C16H17BrClNO/c1-19-15(13-5-3-4-6-16(13)20-2)9-11-7-8-12(17)10-14(11)18/h3-8,10,15,19H,9H2,1-2H3. The molecule has 0 heterocycles. The lowest BCUT2D eigenvalue weighted by molar-refractivity contribution is 0.401. The Labute approximate surface area is 133 Å². The largest absolute Gasteiger partial charge is 0.496 e. The fraction of sp³-hybridized carbons (Fsp3) is 0.250. The molecule has 2 rings (SSSR count). The molecular weight excluding hydrogens is 338 g/mol. The molecule has 0 aliphatic carbocycles. The van der Waals surface area contributed by atoms with Gasteiger partial charge in [-0.25, -0.2) is 0 Å². The van der Waals surface area contributed by atoms with Crippen molar-refractivity contribution in [1.29, 1.82) is 0 Å². The lowest BCUT2D eigenvalue weighted by Crippen LogP contribution is -2.19. The number of hydrogen-bond acceptors (Lipinski definition) is 2. The van der Waals surface area contributed by atoms with E-state index in [0.29, 0.717) is 0 Å². The van der Waals surface area contributed by atoms with Crippen LogP contribution in [0.3, 0.4) is 0 Å². The number of nitrogens with one attached hydrogen (secondary N) is 1. The highest BCUT2D eigenvalue weighted by Gasteiger charge is 2.16. The van der Waals surface area contributed by atoms with Crippen molar-refractivity contribution in [2.75, 3.05) is 14.2 Å². The van der Waals surface area contributed by atoms with E-state index in [2.05, 4.69) is 27.3 Å². The molecule has 0 aromatic heterocycles. The SMILES string of the molecule is CNC(Cc1ccc(Br)cc1Cl)c1ccccc1OC. The van der Waals surface area contributed by atoms with Crippen LogP contribution in [0.4, 0.5) is 0 Å². The van der Waals surface area contributed by atoms with Gasteiger partial charge in [-0.1, -0.05) is 51.8 Å². The Morgan fingerprint density at radius 3 is 2.65 bits per heavy atom. The second-order valence-electron chi connectivity index (χ2n) is 4.52. The maximum atomic E-state index is 6.30. The minimum absolute atomic E-state index is 0.157. The van der Waals surface area contributed by atoms with Gasteiger partial charge in [0.05, 0.1) is 7.11 Å². The summed E-state index contributed by atoms with van der Waals surface area (Å²) in [4.78, 5) is 0. The molecule has 0 spiro atoms. The summed E-state index contributed by atoms with van der Waals surface area (Å²) in [7, 11) is 3.64. The third-order valence-corrected chi connectivity index (χ3v) is 4.15. The van der Waals surface area contributed by atoms with Gasteiger partial charge in [-0.3, -0.25) is 0 Å². The van der Waals surface area contributed by atoms with Crippen molar-refractivity contribution in [2.24, 2.45) is 0 Å². The Morgan fingerprint density at radius 1 is 1.25 bits per heavy atom. The molecule has 4 heteroatoms. The number of halogens is 2. The lowest BCUT2D eigenvalue weighted by atomic mass is 9.98. The fourth-order valence-corrected chi connectivity index (χ4v) is 2.98. The summed E-state index contributed by atoms with van der Waals surface area (Å²) in [5.74, 6) is 0.889. The molecule has 0 saturated carbocycles. The highest BCUT2D eigenvalue weighted by Crippen LogP contribution is 2.30. The zero-order valence-electron chi connectivity index (χ0n) is 11.5. The molecular formula is C16H17BrClNO. The van der Waals surface area contributed by atoms with Gasteiger partial charge in [0.25, 0.3) is 0 Å². The number of methoxy groups -OCH3 is 1. The first-order chi connectivity index (χ1) is 9.65. The number of ether oxygens (including phenoxy) is 1. The summed E-state index contributed by atoms with van der Waals surface area (Å²) in [6, 6.07) is 14.2. The van der Waals surface area contributed by atoms with Gasteiger partial charge in [-0.15, -0.1) is 0 Å². The molecule has 0 fully saturated rings. The van der Waals surface area contributed by atoms with Gasteiger partial charge in [0, 0.05) is 21.1 Å².